The van der Waals surface area contributed by atoms with Gasteiger partial charge in [-0.05, 0) is 52.2 Å². The van der Waals surface area contributed by atoms with Crippen LogP contribution in [0.2, 0.25) is 0 Å². The predicted molar refractivity (Wildman–Crippen MR) is 92.6 cm³/mol. The van der Waals surface area contributed by atoms with Crippen LogP contribution in [-0.4, -0.2) is 19.7 Å². The summed E-state index contributed by atoms with van der Waals surface area (Å²) in [6.07, 6.45) is 0.690. The van der Waals surface area contributed by atoms with Crippen molar-refractivity contribution in [1.82, 2.24) is 5.32 Å². The number of methoxy groups -OCH3 is 1. The molecule has 118 valence electrons. The molecule has 6 heteroatoms. The number of amides is 2. The van der Waals surface area contributed by atoms with Crippen LogP contribution in [0.15, 0.2) is 46.9 Å². The van der Waals surface area contributed by atoms with E-state index >= 15 is 0 Å². The smallest absolute Gasteiger partial charge is 0.319 e. The van der Waals surface area contributed by atoms with Gasteiger partial charge < -0.3 is 15.4 Å². The molecule has 2 aromatic carbocycles. The minimum Gasteiger partial charge on any atom is -0.496 e. The van der Waals surface area contributed by atoms with Crippen LogP contribution in [0.25, 0.3) is 0 Å². The van der Waals surface area contributed by atoms with Crippen LogP contribution in [0.5, 0.6) is 5.75 Å². The first-order valence-corrected chi connectivity index (χ1v) is 7.79. The summed E-state index contributed by atoms with van der Waals surface area (Å²) in [5.41, 5.74) is 2.01. The molecule has 0 atom stereocenters. The number of halogens is 1. The number of nitrogens with one attached hydrogen (secondary N) is 2. The fourth-order valence-electron chi connectivity index (χ4n) is 2.04. The maximum atomic E-state index is 11.9. The Hall–Kier alpha value is -2.52. The molecule has 0 heterocycles. The van der Waals surface area contributed by atoms with Gasteiger partial charge in [0.15, 0.2) is 0 Å². The van der Waals surface area contributed by atoms with Gasteiger partial charge in [-0.1, -0.05) is 18.2 Å². The number of nitriles is 1. The van der Waals surface area contributed by atoms with Crippen molar-refractivity contribution in [3.05, 3.63) is 58.1 Å². The van der Waals surface area contributed by atoms with Crippen molar-refractivity contribution in [2.24, 2.45) is 0 Å². The molecule has 0 aliphatic rings. The van der Waals surface area contributed by atoms with Crippen molar-refractivity contribution in [3.8, 4) is 11.8 Å². The molecule has 0 radical (unpaired) electrons. The average Bonchev–Trinajstić information content (AvgIpc) is 2.55. The van der Waals surface area contributed by atoms with E-state index in [-0.39, 0.29) is 6.03 Å². The minimum atomic E-state index is -0.333. The number of benzene rings is 2. The van der Waals surface area contributed by atoms with Crippen molar-refractivity contribution in [2.45, 2.75) is 6.42 Å². The molecular weight excluding hydrogens is 358 g/mol. The Labute approximate surface area is 143 Å². The highest BCUT2D eigenvalue weighted by atomic mass is 79.9. The number of carbonyl (C=O) groups excluding carboxylic acids is 1. The lowest BCUT2D eigenvalue weighted by Gasteiger charge is -2.09. The lowest BCUT2D eigenvalue weighted by Crippen LogP contribution is -2.30. The zero-order valence-electron chi connectivity index (χ0n) is 12.6. The van der Waals surface area contributed by atoms with Crippen LogP contribution >= 0.6 is 15.9 Å². The topological polar surface area (TPSA) is 74.2 Å². The van der Waals surface area contributed by atoms with E-state index in [4.69, 9.17) is 10.00 Å². The fraction of sp³-hybridized carbons (Fsp3) is 0.176. The molecule has 23 heavy (non-hydrogen) atoms. The molecule has 0 saturated heterocycles. The third-order valence-electron chi connectivity index (χ3n) is 3.21. The first-order valence-electron chi connectivity index (χ1n) is 7.00. The van der Waals surface area contributed by atoms with Gasteiger partial charge in [0, 0.05) is 6.54 Å². The number of carbonyl (C=O) groups is 1. The zero-order valence-corrected chi connectivity index (χ0v) is 14.2. The van der Waals surface area contributed by atoms with Crippen LogP contribution in [0, 0.1) is 11.3 Å². The lowest BCUT2D eigenvalue weighted by atomic mass is 10.1. The third-order valence-corrected chi connectivity index (χ3v) is 3.83. The molecule has 0 spiro atoms. The first kappa shape index (κ1) is 16.8. The summed E-state index contributed by atoms with van der Waals surface area (Å²) in [7, 11) is 1.62. The van der Waals surface area contributed by atoms with Gasteiger partial charge in [-0.3, -0.25) is 0 Å². The van der Waals surface area contributed by atoms with Gasteiger partial charge >= 0.3 is 6.03 Å². The normalized spacial score (nSPS) is 9.78. The molecule has 0 aromatic heterocycles. The second-order valence-corrected chi connectivity index (χ2v) is 5.61. The number of rotatable bonds is 5. The molecule has 0 fully saturated rings. The lowest BCUT2D eigenvalue weighted by molar-refractivity contribution is 0.252. The van der Waals surface area contributed by atoms with E-state index in [1.807, 2.05) is 24.3 Å². The van der Waals surface area contributed by atoms with Gasteiger partial charge in [-0.2, -0.15) is 5.26 Å². The number of hydrogen-bond acceptors (Lipinski definition) is 3. The molecule has 0 aliphatic heterocycles. The SMILES string of the molecule is COc1ccc(CCNC(=O)Nc2ccccc2C#N)cc1Br. The number of ether oxygens (including phenoxy) is 1. The maximum absolute atomic E-state index is 11.9. The van der Waals surface area contributed by atoms with Crippen molar-refractivity contribution in [3.63, 3.8) is 0 Å². The van der Waals surface area contributed by atoms with Crippen molar-refractivity contribution < 1.29 is 9.53 Å². The molecule has 0 aliphatic carbocycles. The minimum absolute atomic E-state index is 0.333. The van der Waals surface area contributed by atoms with E-state index in [1.54, 1.807) is 31.4 Å². The summed E-state index contributed by atoms with van der Waals surface area (Å²) < 4.78 is 6.06. The van der Waals surface area contributed by atoms with Crippen LogP contribution < -0.4 is 15.4 Å². The maximum Gasteiger partial charge on any atom is 0.319 e. The number of para-hydroxylation sites is 1. The van der Waals surface area contributed by atoms with Crippen LogP contribution in [0.4, 0.5) is 10.5 Å². The quantitative estimate of drug-likeness (QED) is 0.838. The standard InChI is InChI=1S/C17H16BrN3O2/c1-23-16-7-6-12(10-14(16)18)8-9-20-17(22)21-15-5-3-2-4-13(15)11-19/h2-7,10H,8-9H2,1H3,(H2,20,21,22). The summed E-state index contributed by atoms with van der Waals surface area (Å²) in [5.74, 6) is 0.771. The Balaban J connectivity index is 1.85. The summed E-state index contributed by atoms with van der Waals surface area (Å²) in [5, 5.41) is 14.4. The van der Waals surface area contributed by atoms with E-state index in [0.717, 1.165) is 15.8 Å². The Morgan fingerprint density at radius 3 is 2.78 bits per heavy atom. The van der Waals surface area contributed by atoms with Gasteiger partial charge in [0.2, 0.25) is 0 Å². The summed E-state index contributed by atoms with van der Waals surface area (Å²) >= 11 is 3.43. The molecular formula is C17H16BrN3O2. The largest absolute Gasteiger partial charge is 0.496 e. The van der Waals surface area contributed by atoms with E-state index in [0.29, 0.717) is 24.2 Å². The van der Waals surface area contributed by atoms with Crippen molar-refractivity contribution in [1.29, 1.82) is 5.26 Å². The average molecular weight is 374 g/mol. The molecule has 0 saturated carbocycles. The Morgan fingerprint density at radius 2 is 2.09 bits per heavy atom. The summed E-state index contributed by atoms with van der Waals surface area (Å²) in [6.45, 7) is 0.485. The molecule has 0 unspecified atom stereocenters. The predicted octanol–water partition coefficient (Wildman–Crippen LogP) is 3.69. The monoisotopic (exact) mass is 373 g/mol. The highest BCUT2D eigenvalue weighted by Crippen LogP contribution is 2.25. The molecule has 2 N–H and O–H groups in total. The zero-order chi connectivity index (χ0) is 16.7. The van der Waals surface area contributed by atoms with Crippen molar-refractivity contribution >= 4 is 27.6 Å². The number of urea groups is 1. The van der Waals surface area contributed by atoms with Crippen LogP contribution in [0.1, 0.15) is 11.1 Å². The molecule has 2 aromatic rings. The van der Waals surface area contributed by atoms with E-state index < -0.39 is 0 Å². The highest BCUT2D eigenvalue weighted by molar-refractivity contribution is 9.10. The van der Waals surface area contributed by atoms with Gasteiger partial charge in [-0.15, -0.1) is 0 Å². The molecule has 0 bridgehead atoms. The summed E-state index contributed by atoms with van der Waals surface area (Å²) in [6, 6.07) is 14.4. The number of hydrogen-bond donors (Lipinski definition) is 2. The van der Waals surface area contributed by atoms with Gasteiger partial charge in [0.05, 0.1) is 22.8 Å². The first-order chi connectivity index (χ1) is 11.1. The van der Waals surface area contributed by atoms with Crippen molar-refractivity contribution in [2.75, 3.05) is 19.0 Å². The number of nitrogens with zero attached hydrogens (tertiary/aromatic N) is 1. The summed E-state index contributed by atoms with van der Waals surface area (Å²) in [4.78, 5) is 11.9. The van der Waals surface area contributed by atoms with Crippen LogP contribution in [0.3, 0.4) is 0 Å². The van der Waals surface area contributed by atoms with Gasteiger partial charge in [0.1, 0.15) is 11.8 Å². The Bertz CT molecular complexity index is 741. The van der Waals surface area contributed by atoms with E-state index in [2.05, 4.69) is 26.6 Å². The Kier molecular flexibility index (Phi) is 6.01. The molecule has 5 nitrogen and oxygen atoms in total. The number of anilines is 1. The fourth-order valence-corrected chi connectivity index (χ4v) is 2.63. The Morgan fingerprint density at radius 1 is 1.30 bits per heavy atom. The molecule has 2 rings (SSSR count). The molecule has 2 amide bonds. The highest BCUT2D eigenvalue weighted by Gasteiger charge is 2.06. The third kappa shape index (κ3) is 4.73. The van der Waals surface area contributed by atoms with E-state index in [1.165, 1.54) is 0 Å². The van der Waals surface area contributed by atoms with Gasteiger partial charge in [-0.25, -0.2) is 4.79 Å². The van der Waals surface area contributed by atoms with E-state index in [9.17, 15) is 4.79 Å². The van der Waals surface area contributed by atoms with Gasteiger partial charge in [0.25, 0.3) is 0 Å². The van der Waals surface area contributed by atoms with Crippen LogP contribution in [-0.2, 0) is 6.42 Å². The second-order valence-electron chi connectivity index (χ2n) is 4.76. The second kappa shape index (κ2) is 8.20.